The van der Waals surface area contributed by atoms with E-state index >= 15 is 0 Å². The summed E-state index contributed by atoms with van der Waals surface area (Å²) >= 11 is 3.52. The molecular formula is C17H18BrN5O. The van der Waals surface area contributed by atoms with E-state index in [-0.39, 0.29) is 0 Å². The largest absolute Gasteiger partial charge is 0.340 e. The predicted molar refractivity (Wildman–Crippen MR) is 96.9 cm³/mol. The summed E-state index contributed by atoms with van der Waals surface area (Å²) in [7, 11) is 2.01. The number of hydrogen-bond donors (Lipinski definition) is 1. The fraction of sp³-hybridized carbons (Fsp3) is 0.294. The van der Waals surface area contributed by atoms with Crippen molar-refractivity contribution >= 4 is 21.9 Å². The summed E-state index contributed by atoms with van der Waals surface area (Å²) in [5.74, 6) is 1.21. The lowest BCUT2D eigenvalue weighted by Crippen LogP contribution is -2.44. The van der Waals surface area contributed by atoms with Crippen LogP contribution in [0.4, 0.5) is 5.95 Å². The fourth-order valence-electron chi connectivity index (χ4n) is 2.98. The van der Waals surface area contributed by atoms with Gasteiger partial charge < -0.3 is 19.3 Å². The molecule has 3 heterocycles. The maximum absolute atomic E-state index is 5.50. The lowest BCUT2D eigenvalue weighted by atomic mass is 10.1. The van der Waals surface area contributed by atoms with Gasteiger partial charge >= 0.3 is 0 Å². The van der Waals surface area contributed by atoms with E-state index in [1.807, 2.05) is 25.2 Å². The van der Waals surface area contributed by atoms with Crippen molar-refractivity contribution < 1.29 is 4.52 Å². The van der Waals surface area contributed by atoms with E-state index in [0.717, 1.165) is 47.6 Å². The zero-order chi connectivity index (χ0) is 16.5. The van der Waals surface area contributed by atoms with Gasteiger partial charge in [-0.05, 0) is 35.0 Å². The van der Waals surface area contributed by atoms with Crippen LogP contribution in [-0.4, -0.2) is 40.9 Å². The summed E-state index contributed by atoms with van der Waals surface area (Å²) in [6, 6.07) is 12.3. The van der Waals surface area contributed by atoms with Gasteiger partial charge in [-0.15, -0.1) is 0 Å². The molecule has 0 saturated carbocycles. The smallest absolute Gasteiger partial charge is 0.276 e. The number of piperazine rings is 1. The number of nitrogens with zero attached hydrogens (tertiary/aromatic N) is 4. The van der Waals surface area contributed by atoms with E-state index < -0.39 is 0 Å². The van der Waals surface area contributed by atoms with Gasteiger partial charge in [0.2, 0.25) is 0 Å². The van der Waals surface area contributed by atoms with Gasteiger partial charge in [0.25, 0.3) is 11.8 Å². The van der Waals surface area contributed by atoms with Gasteiger partial charge in [0.15, 0.2) is 0 Å². The standard InChI is InChI=1S/C17H18BrN5O/c1-22-14(12-3-2-4-13(18)11-12)5-6-15(22)16-20-17(21-24-16)23-9-7-19-8-10-23/h2-6,11,19H,7-10H2,1H3. The molecule has 6 nitrogen and oxygen atoms in total. The van der Waals surface area contributed by atoms with Crippen LogP contribution in [-0.2, 0) is 7.05 Å². The highest BCUT2D eigenvalue weighted by atomic mass is 79.9. The first-order valence-electron chi connectivity index (χ1n) is 7.94. The van der Waals surface area contributed by atoms with Gasteiger partial charge in [0, 0.05) is 43.4 Å². The lowest BCUT2D eigenvalue weighted by molar-refractivity contribution is 0.424. The first kappa shape index (κ1) is 15.4. The van der Waals surface area contributed by atoms with Crippen molar-refractivity contribution in [3.63, 3.8) is 0 Å². The van der Waals surface area contributed by atoms with Crippen LogP contribution in [0, 0.1) is 0 Å². The Labute approximate surface area is 148 Å². The molecule has 3 aromatic rings. The van der Waals surface area contributed by atoms with Gasteiger partial charge in [-0.25, -0.2) is 0 Å². The van der Waals surface area contributed by atoms with Crippen molar-refractivity contribution in [2.45, 2.75) is 0 Å². The number of nitrogens with one attached hydrogen (secondary N) is 1. The Morgan fingerprint density at radius 2 is 1.92 bits per heavy atom. The molecular weight excluding hydrogens is 370 g/mol. The van der Waals surface area contributed by atoms with Crippen LogP contribution in [0.2, 0.25) is 0 Å². The summed E-state index contributed by atoms with van der Waals surface area (Å²) in [6.45, 7) is 3.69. The molecule has 0 atom stereocenters. The first-order valence-corrected chi connectivity index (χ1v) is 8.73. The summed E-state index contributed by atoms with van der Waals surface area (Å²) in [4.78, 5) is 6.72. The van der Waals surface area contributed by atoms with Crippen molar-refractivity contribution in [2.75, 3.05) is 31.1 Å². The van der Waals surface area contributed by atoms with E-state index in [0.29, 0.717) is 11.8 Å². The van der Waals surface area contributed by atoms with Crippen LogP contribution < -0.4 is 10.2 Å². The minimum absolute atomic E-state index is 0.548. The van der Waals surface area contributed by atoms with E-state index in [1.54, 1.807) is 0 Å². The second kappa shape index (κ2) is 6.41. The molecule has 124 valence electrons. The van der Waals surface area contributed by atoms with Crippen LogP contribution in [0.25, 0.3) is 22.8 Å². The Hall–Kier alpha value is -2.12. The van der Waals surface area contributed by atoms with Gasteiger partial charge in [-0.2, -0.15) is 4.98 Å². The highest BCUT2D eigenvalue weighted by Crippen LogP contribution is 2.29. The molecule has 0 spiro atoms. The molecule has 1 N–H and O–H groups in total. The summed E-state index contributed by atoms with van der Waals surface area (Å²) in [5.41, 5.74) is 3.16. The zero-order valence-corrected chi connectivity index (χ0v) is 15.0. The van der Waals surface area contributed by atoms with E-state index in [4.69, 9.17) is 4.52 Å². The van der Waals surface area contributed by atoms with Crippen LogP contribution in [0.15, 0.2) is 45.4 Å². The van der Waals surface area contributed by atoms with Crippen LogP contribution in [0.5, 0.6) is 0 Å². The number of anilines is 1. The number of halogens is 1. The van der Waals surface area contributed by atoms with Crippen molar-refractivity contribution in [2.24, 2.45) is 7.05 Å². The second-order valence-electron chi connectivity index (χ2n) is 5.81. The lowest BCUT2D eigenvalue weighted by Gasteiger charge is -2.25. The normalized spacial score (nSPS) is 15.0. The van der Waals surface area contributed by atoms with Gasteiger partial charge in [-0.1, -0.05) is 28.1 Å². The van der Waals surface area contributed by atoms with Crippen molar-refractivity contribution in [3.05, 3.63) is 40.9 Å². The monoisotopic (exact) mass is 387 g/mol. The number of hydrogen-bond acceptors (Lipinski definition) is 5. The van der Waals surface area contributed by atoms with E-state index in [9.17, 15) is 0 Å². The van der Waals surface area contributed by atoms with Gasteiger partial charge in [-0.3, -0.25) is 0 Å². The molecule has 1 aliphatic rings. The SMILES string of the molecule is Cn1c(-c2cccc(Br)c2)ccc1-c1nc(N2CCNCC2)no1. The van der Waals surface area contributed by atoms with Crippen LogP contribution in [0.1, 0.15) is 0 Å². The maximum atomic E-state index is 5.50. The highest BCUT2D eigenvalue weighted by Gasteiger charge is 2.19. The summed E-state index contributed by atoms with van der Waals surface area (Å²) < 4.78 is 8.64. The molecule has 4 rings (SSSR count). The Balaban J connectivity index is 1.65. The fourth-order valence-corrected chi connectivity index (χ4v) is 3.38. The molecule has 2 aromatic heterocycles. The molecule has 1 aromatic carbocycles. The second-order valence-corrected chi connectivity index (χ2v) is 6.73. The number of rotatable bonds is 3. The predicted octanol–water partition coefficient (Wildman–Crippen LogP) is 2.91. The molecule has 0 amide bonds. The topological polar surface area (TPSA) is 59.1 Å². The highest BCUT2D eigenvalue weighted by molar-refractivity contribution is 9.10. The third-order valence-corrected chi connectivity index (χ3v) is 4.77. The molecule has 0 bridgehead atoms. The third kappa shape index (κ3) is 2.85. The molecule has 1 fully saturated rings. The molecule has 7 heteroatoms. The van der Waals surface area contributed by atoms with Crippen LogP contribution in [0.3, 0.4) is 0 Å². The van der Waals surface area contributed by atoms with Crippen LogP contribution >= 0.6 is 15.9 Å². The number of benzene rings is 1. The van der Waals surface area contributed by atoms with Gasteiger partial charge in [0.05, 0.1) is 0 Å². The third-order valence-electron chi connectivity index (χ3n) is 4.28. The Bertz CT molecular complexity index is 850. The molecule has 1 aliphatic heterocycles. The molecule has 0 unspecified atom stereocenters. The number of aromatic nitrogens is 3. The quantitative estimate of drug-likeness (QED) is 0.748. The average molecular weight is 388 g/mol. The Morgan fingerprint density at radius 1 is 1.12 bits per heavy atom. The minimum atomic E-state index is 0.548. The Kier molecular flexibility index (Phi) is 4.12. The Morgan fingerprint density at radius 3 is 2.71 bits per heavy atom. The molecule has 1 saturated heterocycles. The van der Waals surface area contributed by atoms with E-state index in [2.05, 4.69) is 59.1 Å². The van der Waals surface area contributed by atoms with Crippen molar-refractivity contribution in [1.82, 2.24) is 20.0 Å². The molecule has 0 radical (unpaired) electrons. The maximum Gasteiger partial charge on any atom is 0.276 e. The molecule has 24 heavy (non-hydrogen) atoms. The van der Waals surface area contributed by atoms with Gasteiger partial charge in [0.1, 0.15) is 5.69 Å². The van der Waals surface area contributed by atoms with Crippen molar-refractivity contribution in [3.8, 4) is 22.8 Å². The molecule has 0 aliphatic carbocycles. The van der Waals surface area contributed by atoms with Crippen molar-refractivity contribution in [1.29, 1.82) is 0 Å². The zero-order valence-electron chi connectivity index (χ0n) is 13.4. The summed E-state index contributed by atoms with van der Waals surface area (Å²) in [5, 5.41) is 7.47. The summed E-state index contributed by atoms with van der Waals surface area (Å²) in [6.07, 6.45) is 0. The minimum Gasteiger partial charge on any atom is -0.340 e. The average Bonchev–Trinajstić information content (AvgIpc) is 3.22. The first-order chi connectivity index (χ1) is 11.7. The van der Waals surface area contributed by atoms with E-state index in [1.165, 1.54) is 0 Å².